The highest BCUT2D eigenvalue weighted by Gasteiger charge is 2.04. The van der Waals surface area contributed by atoms with Crippen LogP contribution in [0.4, 0.5) is 0 Å². The molecule has 1 aliphatic heterocycles. The van der Waals surface area contributed by atoms with Crippen LogP contribution in [0.2, 0.25) is 0 Å². The number of benzene rings is 1. The van der Waals surface area contributed by atoms with Crippen LogP contribution < -0.4 is 0 Å². The zero-order chi connectivity index (χ0) is 13.5. The van der Waals surface area contributed by atoms with E-state index in [-0.39, 0.29) is 0 Å². The number of rotatable bonds is 2. The first-order valence-electron chi connectivity index (χ1n) is 6.33. The summed E-state index contributed by atoms with van der Waals surface area (Å²) in [5.41, 5.74) is 1.06. The quantitative estimate of drug-likeness (QED) is 0.767. The molecule has 98 valence electrons. The van der Waals surface area contributed by atoms with Crippen molar-refractivity contribution in [3.05, 3.63) is 67.6 Å². The van der Waals surface area contributed by atoms with E-state index in [4.69, 9.17) is 0 Å². The molecular weight excluding hydrogens is 234 g/mol. The van der Waals surface area contributed by atoms with Crippen LogP contribution in [-0.2, 0) is 0 Å². The van der Waals surface area contributed by atoms with Gasteiger partial charge in [0.2, 0.25) is 0 Å². The van der Waals surface area contributed by atoms with Gasteiger partial charge in [-0.15, -0.1) is 6.58 Å². The SMILES string of the molecule is C=CCN1C=CN(C)C1.c1ccc2ncccc2c1. The van der Waals surface area contributed by atoms with Crippen LogP contribution in [0.25, 0.3) is 10.9 Å². The molecule has 0 aliphatic carbocycles. The fourth-order valence-electron chi connectivity index (χ4n) is 1.89. The summed E-state index contributed by atoms with van der Waals surface area (Å²) < 4.78 is 0. The molecule has 1 aromatic heterocycles. The Morgan fingerprint density at radius 1 is 1.21 bits per heavy atom. The van der Waals surface area contributed by atoms with Gasteiger partial charge < -0.3 is 9.80 Å². The van der Waals surface area contributed by atoms with Crippen LogP contribution in [0.15, 0.2) is 67.6 Å². The van der Waals surface area contributed by atoms with Crippen molar-refractivity contribution in [2.75, 3.05) is 20.3 Å². The van der Waals surface area contributed by atoms with Crippen molar-refractivity contribution in [2.24, 2.45) is 0 Å². The van der Waals surface area contributed by atoms with Crippen LogP contribution in [0.1, 0.15) is 0 Å². The van der Waals surface area contributed by atoms with Gasteiger partial charge in [0.1, 0.15) is 0 Å². The Balaban J connectivity index is 0.000000141. The molecule has 1 aromatic carbocycles. The second-order valence-corrected chi connectivity index (χ2v) is 4.45. The second kappa shape index (κ2) is 6.59. The van der Waals surface area contributed by atoms with Gasteiger partial charge in [0.05, 0.1) is 12.2 Å². The number of fused-ring (bicyclic) bond motifs is 1. The fraction of sp³-hybridized carbons (Fsp3) is 0.188. The zero-order valence-corrected chi connectivity index (χ0v) is 11.2. The number of aromatic nitrogens is 1. The van der Waals surface area contributed by atoms with Gasteiger partial charge in [0.15, 0.2) is 0 Å². The third-order valence-corrected chi connectivity index (χ3v) is 2.81. The van der Waals surface area contributed by atoms with Crippen molar-refractivity contribution in [1.29, 1.82) is 0 Å². The maximum Gasteiger partial charge on any atom is 0.0894 e. The molecule has 1 aliphatic rings. The van der Waals surface area contributed by atoms with E-state index in [1.54, 1.807) is 0 Å². The first kappa shape index (κ1) is 13.1. The molecule has 0 fully saturated rings. The van der Waals surface area contributed by atoms with Gasteiger partial charge in [-0.25, -0.2) is 0 Å². The predicted molar refractivity (Wildman–Crippen MR) is 80.4 cm³/mol. The van der Waals surface area contributed by atoms with E-state index >= 15 is 0 Å². The highest BCUT2D eigenvalue weighted by Crippen LogP contribution is 2.07. The van der Waals surface area contributed by atoms with Crippen molar-refractivity contribution < 1.29 is 0 Å². The lowest BCUT2D eigenvalue weighted by molar-refractivity contribution is 0.318. The lowest BCUT2D eigenvalue weighted by Gasteiger charge is -2.15. The fourth-order valence-corrected chi connectivity index (χ4v) is 1.89. The van der Waals surface area contributed by atoms with Gasteiger partial charge in [-0.05, 0) is 12.1 Å². The first-order chi connectivity index (χ1) is 9.29. The summed E-state index contributed by atoms with van der Waals surface area (Å²) >= 11 is 0. The van der Waals surface area contributed by atoms with Crippen molar-refractivity contribution in [3.63, 3.8) is 0 Å². The molecule has 0 bridgehead atoms. The Kier molecular flexibility index (Phi) is 4.56. The molecule has 0 saturated heterocycles. The molecule has 2 aromatic rings. The number of nitrogens with zero attached hydrogens (tertiary/aromatic N) is 3. The van der Waals surface area contributed by atoms with Crippen molar-refractivity contribution in [3.8, 4) is 0 Å². The molecule has 0 atom stereocenters. The van der Waals surface area contributed by atoms with E-state index in [1.165, 1.54) is 5.39 Å². The average molecular weight is 253 g/mol. The van der Waals surface area contributed by atoms with Gasteiger partial charge in [-0.1, -0.05) is 30.3 Å². The third-order valence-electron chi connectivity index (χ3n) is 2.81. The normalized spacial score (nSPS) is 13.3. The summed E-state index contributed by atoms with van der Waals surface area (Å²) in [6.45, 7) is 5.59. The van der Waals surface area contributed by atoms with Gasteiger partial charge in [0.25, 0.3) is 0 Å². The molecule has 3 heteroatoms. The van der Waals surface area contributed by atoms with E-state index < -0.39 is 0 Å². The highest BCUT2D eigenvalue weighted by molar-refractivity contribution is 5.77. The topological polar surface area (TPSA) is 19.4 Å². The number of hydrogen-bond donors (Lipinski definition) is 0. The van der Waals surface area contributed by atoms with Crippen LogP contribution in [-0.4, -0.2) is 35.0 Å². The Hall–Kier alpha value is -2.29. The molecule has 0 amide bonds. The summed E-state index contributed by atoms with van der Waals surface area (Å²) in [6.07, 6.45) is 7.84. The molecule has 0 unspecified atom stereocenters. The molecule has 0 saturated carbocycles. The lowest BCUT2D eigenvalue weighted by atomic mass is 10.2. The van der Waals surface area contributed by atoms with Crippen LogP contribution in [0.3, 0.4) is 0 Å². The largest absolute Gasteiger partial charge is 0.362 e. The van der Waals surface area contributed by atoms with E-state index in [2.05, 4.69) is 52.9 Å². The minimum atomic E-state index is 0.945. The predicted octanol–water partition coefficient (Wildman–Crippen LogP) is 3.08. The first-order valence-corrected chi connectivity index (χ1v) is 6.33. The summed E-state index contributed by atoms with van der Waals surface area (Å²) in [6, 6.07) is 12.1. The molecule has 0 radical (unpaired) electrons. The average Bonchev–Trinajstić information content (AvgIpc) is 2.86. The molecule has 3 rings (SSSR count). The van der Waals surface area contributed by atoms with Crippen molar-refractivity contribution in [1.82, 2.24) is 14.8 Å². The molecular formula is C16H19N3. The maximum atomic E-state index is 4.18. The van der Waals surface area contributed by atoms with E-state index in [0.29, 0.717) is 0 Å². The molecule has 0 spiro atoms. The van der Waals surface area contributed by atoms with Gasteiger partial charge in [0, 0.05) is 37.6 Å². The molecule has 3 nitrogen and oxygen atoms in total. The minimum absolute atomic E-state index is 0.945. The van der Waals surface area contributed by atoms with E-state index in [0.717, 1.165) is 18.7 Å². The van der Waals surface area contributed by atoms with Gasteiger partial charge in [-0.3, -0.25) is 4.98 Å². The Labute approximate surface area is 114 Å². The van der Waals surface area contributed by atoms with Crippen molar-refractivity contribution in [2.45, 2.75) is 0 Å². The summed E-state index contributed by atoms with van der Waals surface area (Å²) in [7, 11) is 2.06. The smallest absolute Gasteiger partial charge is 0.0894 e. The second-order valence-electron chi connectivity index (χ2n) is 4.45. The zero-order valence-electron chi connectivity index (χ0n) is 11.2. The van der Waals surface area contributed by atoms with Crippen LogP contribution >= 0.6 is 0 Å². The Morgan fingerprint density at radius 3 is 2.68 bits per heavy atom. The monoisotopic (exact) mass is 253 g/mol. The summed E-state index contributed by atoms with van der Waals surface area (Å²) in [5, 5.41) is 1.20. The van der Waals surface area contributed by atoms with E-state index in [9.17, 15) is 0 Å². The van der Waals surface area contributed by atoms with Crippen LogP contribution in [0.5, 0.6) is 0 Å². The van der Waals surface area contributed by atoms with Gasteiger partial charge >= 0.3 is 0 Å². The van der Waals surface area contributed by atoms with Gasteiger partial charge in [-0.2, -0.15) is 0 Å². The molecule has 19 heavy (non-hydrogen) atoms. The maximum absolute atomic E-state index is 4.18. The Morgan fingerprint density at radius 2 is 2.00 bits per heavy atom. The van der Waals surface area contributed by atoms with E-state index in [1.807, 2.05) is 36.5 Å². The standard InChI is InChI=1S/C9H7N.C7H12N2/c1-2-6-9-8(4-1)5-3-7-10-9;1-3-4-9-6-5-8(2)7-9/h1-7H;3,5-6H,1,4,7H2,2H3. The molecule has 0 N–H and O–H groups in total. The minimum Gasteiger partial charge on any atom is -0.362 e. The lowest BCUT2D eigenvalue weighted by Crippen LogP contribution is -2.21. The number of pyridine rings is 1. The third kappa shape index (κ3) is 3.85. The van der Waals surface area contributed by atoms with Crippen molar-refractivity contribution >= 4 is 10.9 Å². The van der Waals surface area contributed by atoms with Crippen LogP contribution in [0, 0.1) is 0 Å². The summed E-state index contributed by atoms with van der Waals surface area (Å²) in [5.74, 6) is 0. The molecule has 2 heterocycles. The Bertz CT molecular complexity index is 497. The highest BCUT2D eigenvalue weighted by atomic mass is 15.3. The number of hydrogen-bond acceptors (Lipinski definition) is 3. The summed E-state index contributed by atoms with van der Waals surface area (Å²) in [4.78, 5) is 8.50. The number of para-hydroxylation sites is 1.